The molecule has 2 amide bonds. The lowest BCUT2D eigenvalue weighted by Gasteiger charge is -2.04. The molecule has 0 aliphatic heterocycles. The van der Waals surface area contributed by atoms with Crippen molar-refractivity contribution in [3.8, 4) is 0 Å². The van der Waals surface area contributed by atoms with Gasteiger partial charge in [0, 0.05) is 16.7 Å². The van der Waals surface area contributed by atoms with Crippen molar-refractivity contribution < 1.29 is 14.8 Å². The van der Waals surface area contributed by atoms with Crippen molar-refractivity contribution in [2.75, 3.05) is 0 Å². The van der Waals surface area contributed by atoms with Crippen molar-refractivity contribution >= 4 is 28.8 Å². The van der Waals surface area contributed by atoms with E-state index in [1.54, 1.807) is 18.3 Å². The predicted molar refractivity (Wildman–Crippen MR) is 94.7 cm³/mol. The van der Waals surface area contributed by atoms with Crippen molar-refractivity contribution in [1.82, 2.24) is 10.9 Å². The molecule has 0 aliphatic rings. The van der Waals surface area contributed by atoms with Crippen LogP contribution in [0.4, 0.5) is 0 Å². The number of hydrogen-bond acceptors (Lipinski definition) is 4. The fourth-order valence-electron chi connectivity index (χ4n) is 2.45. The molecule has 0 aliphatic carbocycles. The molecule has 6 heteroatoms. The Hall–Kier alpha value is -3.51. The number of fused-ring (bicyclic) bond motifs is 1. The molecule has 0 saturated heterocycles. The SMILES string of the molecule is O=C(NO)c1cccc(C(=O)N/N=C/c2cccc3ccccc23)c1. The van der Waals surface area contributed by atoms with E-state index in [1.165, 1.54) is 17.6 Å². The van der Waals surface area contributed by atoms with Gasteiger partial charge < -0.3 is 0 Å². The zero-order chi connectivity index (χ0) is 17.6. The van der Waals surface area contributed by atoms with E-state index in [1.807, 2.05) is 42.5 Å². The highest BCUT2D eigenvalue weighted by atomic mass is 16.5. The molecule has 0 heterocycles. The third kappa shape index (κ3) is 3.70. The first-order valence-electron chi connectivity index (χ1n) is 7.55. The van der Waals surface area contributed by atoms with Gasteiger partial charge in [0.05, 0.1) is 6.21 Å². The van der Waals surface area contributed by atoms with Crippen LogP contribution >= 0.6 is 0 Å². The van der Waals surface area contributed by atoms with E-state index in [0.717, 1.165) is 16.3 Å². The molecule has 25 heavy (non-hydrogen) atoms. The summed E-state index contributed by atoms with van der Waals surface area (Å²) in [5, 5.41) is 14.8. The number of carbonyl (C=O) groups excluding carboxylic acids is 2. The van der Waals surface area contributed by atoms with Crippen LogP contribution in [0, 0.1) is 0 Å². The van der Waals surface area contributed by atoms with E-state index in [-0.39, 0.29) is 11.1 Å². The van der Waals surface area contributed by atoms with Crippen LogP contribution in [-0.4, -0.2) is 23.2 Å². The van der Waals surface area contributed by atoms with E-state index in [4.69, 9.17) is 5.21 Å². The highest BCUT2D eigenvalue weighted by Gasteiger charge is 2.09. The van der Waals surface area contributed by atoms with E-state index in [9.17, 15) is 9.59 Å². The second kappa shape index (κ2) is 7.37. The lowest BCUT2D eigenvalue weighted by atomic mass is 10.1. The van der Waals surface area contributed by atoms with Crippen LogP contribution in [0.3, 0.4) is 0 Å². The first kappa shape index (κ1) is 16.4. The molecule has 0 radical (unpaired) electrons. The molecule has 0 unspecified atom stereocenters. The van der Waals surface area contributed by atoms with Gasteiger partial charge in [-0.25, -0.2) is 10.9 Å². The average molecular weight is 333 g/mol. The van der Waals surface area contributed by atoms with Gasteiger partial charge >= 0.3 is 0 Å². The Morgan fingerprint density at radius 3 is 2.36 bits per heavy atom. The molecule has 3 rings (SSSR count). The van der Waals surface area contributed by atoms with Gasteiger partial charge in [0.15, 0.2) is 0 Å². The maximum atomic E-state index is 12.1. The normalized spacial score (nSPS) is 10.8. The summed E-state index contributed by atoms with van der Waals surface area (Å²) >= 11 is 0. The van der Waals surface area contributed by atoms with Crippen LogP contribution in [0.25, 0.3) is 10.8 Å². The fraction of sp³-hybridized carbons (Fsp3) is 0. The van der Waals surface area contributed by atoms with Crippen LogP contribution in [0.1, 0.15) is 26.3 Å². The van der Waals surface area contributed by atoms with Crippen molar-refractivity contribution in [2.24, 2.45) is 5.10 Å². The van der Waals surface area contributed by atoms with E-state index >= 15 is 0 Å². The Balaban J connectivity index is 1.76. The predicted octanol–water partition coefficient (Wildman–Crippen LogP) is 2.72. The second-order valence-electron chi connectivity index (χ2n) is 5.29. The number of benzene rings is 3. The smallest absolute Gasteiger partial charge is 0.274 e. The van der Waals surface area contributed by atoms with Crippen molar-refractivity contribution in [3.63, 3.8) is 0 Å². The Bertz CT molecular complexity index is 962. The number of nitrogens with one attached hydrogen (secondary N) is 2. The third-order valence-electron chi connectivity index (χ3n) is 3.68. The molecule has 3 aromatic carbocycles. The summed E-state index contributed by atoms with van der Waals surface area (Å²) in [5.41, 5.74) is 5.28. The Morgan fingerprint density at radius 2 is 1.56 bits per heavy atom. The number of carbonyl (C=O) groups is 2. The standard InChI is InChI=1S/C19H15N3O3/c23-18(14-7-4-8-15(11-14)19(24)22-25)21-20-12-16-9-3-6-13-5-1-2-10-17(13)16/h1-12,25H,(H,21,23)(H,22,24)/b20-12+. The molecule has 3 aromatic rings. The van der Waals surface area contributed by atoms with Crippen LogP contribution in [0.2, 0.25) is 0 Å². The zero-order valence-corrected chi connectivity index (χ0v) is 13.1. The minimum Gasteiger partial charge on any atom is -0.288 e. The number of rotatable bonds is 4. The van der Waals surface area contributed by atoms with Crippen molar-refractivity contribution in [2.45, 2.75) is 0 Å². The summed E-state index contributed by atoms with van der Waals surface area (Å²) in [6, 6.07) is 19.7. The zero-order valence-electron chi connectivity index (χ0n) is 13.1. The van der Waals surface area contributed by atoms with Gasteiger partial charge in [-0.05, 0) is 29.0 Å². The number of hydroxylamine groups is 1. The molecule has 124 valence electrons. The number of nitrogens with zero attached hydrogens (tertiary/aromatic N) is 1. The molecule has 0 aromatic heterocycles. The molecule has 3 N–H and O–H groups in total. The summed E-state index contributed by atoms with van der Waals surface area (Å²) in [6.07, 6.45) is 1.57. The fourth-order valence-corrected chi connectivity index (χ4v) is 2.45. The second-order valence-corrected chi connectivity index (χ2v) is 5.29. The largest absolute Gasteiger partial charge is 0.288 e. The van der Waals surface area contributed by atoms with Crippen LogP contribution in [0.15, 0.2) is 71.8 Å². The monoisotopic (exact) mass is 333 g/mol. The molecular formula is C19H15N3O3. The highest BCUT2D eigenvalue weighted by Crippen LogP contribution is 2.16. The molecule has 0 spiro atoms. The van der Waals surface area contributed by atoms with Crippen molar-refractivity contribution in [3.05, 3.63) is 83.4 Å². The third-order valence-corrected chi connectivity index (χ3v) is 3.68. The first-order chi connectivity index (χ1) is 12.2. The van der Waals surface area contributed by atoms with Gasteiger partial charge in [-0.3, -0.25) is 14.8 Å². The number of hydrazone groups is 1. The van der Waals surface area contributed by atoms with E-state index in [2.05, 4.69) is 10.5 Å². The van der Waals surface area contributed by atoms with Gasteiger partial charge in [0.1, 0.15) is 0 Å². The Kier molecular flexibility index (Phi) is 4.82. The van der Waals surface area contributed by atoms with Gasteiger partial charge in [-0.2, -0.15) is 5.10 Å². The van der Waals surface area contributed by atoms with Crippen LogP contribution in [0.5, 0.6) is 0 Å². The Labute approximate surface area is 143 Å². The molecule has 0 fully saturated rings. The average Bonchev–Trinajstić information content (AvgIpc) is 2.67. The number of amides is 2. The maximum absolute atomic E-state index is 12.1. The quantitative estimate of drug-likeness (QED) is 0.389. The molecule has 0 bridgehead atoms. The van der Waals surface area contributed by atoms with Crippen molar-refractivity contribution in [1.29, 1.82) is 0 Å². The summed E-state index contributed by atoms with van der Waals surface area (Å²) in [4.78, 5) is 23.5. The number of hydrogen-bond donors (Lipinski definition) is 3. The van der Waals surface area contributed by atoms with E-state index in [0.29, 0.717) is 0 Å². The van der Waals surface area contributed by atoms with Gasteiger partial charge in [0.25, 0.3) is 11.8 Å². The summed E-state index contributed by atoms with van der Waals surface area (Å²) < 4.78 is 0. The first-order valence-corrected chi connectivity index (χ1v) is 7.55. The minimum atomic E-state index is -0.686. The molecule has 6 nitrogen and oxygen atoms in total. The summed E-state index contributed by atoms with van der Waals surface area (Å²) in [6.45, 7) is 0. The Morgan fingerprint density at radius 1 is 0.880 bits per heavy atom. The van der Waals surface area contributed by atoms with Crippen LogP contribution in [-0.2, 0) is 0 Å². The molecule has 0 saturated carbocycles. The maximum Gasteiger partial charge on any atom is 0.274 e. The minimum absolute atomic E-state index is 0.174. The highest BCUT2D eigenvalue weighted by molar-refractivity contribution is 6.01. The van der Waals surface area contributed by atoms with Gasteiger partial charge in [-0.15, -0.1) is 0 Å². The lowest BCUT2D eigenvalue weighted by molar-refractivity contribution is 0.0706. The topological polar surface area (TPSA) is 90.8 Å². The van der Waals surface area contributed by atoms with Gasteiger partial charge in [0.2, 0.25) is 0 Å². The molecular weight excluding hydrogens is 318 g/mol. The lowest BCUT2D eigenvalue weighted by Crippen LogP contribution is -2.21. The summed E-state index contributed by atoms with van der Waals surface area (Å²) in [7, 11) is 0. The molecule has 0 atom stereocenters. The van der Waals surface area contributed by atoms with E-state index < -0.39 is 11.8 Å². The van der Waals surface area contributed by atoms with Crippen LogP contribution < -0.4 is 10.9 Å². The summed E-state index contributed by atoms with van der Waals surface area (Å²) in [5.74, 6) is -1.14. The van der Waals surface area contributed by atoms with Gasteiger partial charge in [-0.1, -0.05) is 48.5 Å².